The predicted molar refractivity (Wildman–Crippen MR) is 95.0 cm³/mol. The van der Waals surface area contributed by atoms with Crippen LogP contribution < -0.4 is 5.32 Å². The van der Waals surface area contributed by atoms with Gasteiger partial charge < -0.3 is 10.2 Å². The standard InChI is InChI=1S/C19H23N3O2/c1-2-3-11-21-12-14-22(15-13-21)19(24)16-20-18(23)10-9-17-7-5-4-6-8-17/h1,4-10H,3,11-16H2,(H,20,23). The molecule has 1 aliphatic rings. The first-order chi connectivity index (χ1) is 11.7. The molecule has 0 saturated carbocycles. The first-order valence-electron chi connectivity index (χ1n) is 8.13. The number of piperazine rings is 1. The van der Waals surface area contributed by atoms with Crippen LogP contribution in [0.1, 0.15) is 12.0 Å². The van der Waals surface area contributed by atoms with Gasteiger partial charge in [-0.15, -0.1) is 12.3 Å². The van der Waals surface area contributed by atoms with Crippen molar-refractivity contribution in [2.75, 3.05) is 39.3 Å². The lowest BCUT2D eigenvalue weighted by Crippen LogP contribution is -2.51. The minimum absolute atomic E-state index is 0.0301. The van der Waals surface area contributed by atoms with Crippen molar-refractivity contribution in [3.63, 3.8) is 0 Å². The highest BCUT2D eigenvalue weighted by Crippen LogP contribution is 2.03. The second kappa shape index (κ2) is 9.53. The van der Waals surface area contributed by atoms with Crippen molar-refractivity contribution in [2.45, 2.75) is 6.42 Å². The quantitative estimate of drug-likeness (QED) is 0.627. The van der Waals surface area contributed by atoms with Gasteiger partial charge in [-0.1, -0.05) is 30.3 Å². The lowest BCUT2D eigenvalue weighted by molar-refractivity contribution is -0.133. The minimum atomic E-state index is -0.264. The number of terminal acetylenes is 1. The van der Waals surface area contributed by atoms with Crippen LogP contribution in [0.25, 0.3) is 6.08 Å². The molecular formula is C19H23N3O2. The maximum atomic E-state index is 12.1. The second-order valence-electron chi connectivity index (χ2n) is 5.64. The summed E-state index contributed by atoms with van der Waals surface area (Å²) in [4.78, 5) is 28.0. The molecule has 0 spiro atoms. The van der Waals surface area contributed by atoms with E-state index in [1.807, 2.05) is 30.3 Å². The Balaban J connectivity index is 1.69. The Labute approximate surface area is 143 Å². The third kappa shape index (κ3) is 5.90. The molecule has 24 heavy (non-hydrogen) atoms. The van der Waals surface area contributed by atoms with E-state index in [9.17, 15) is 9.59 Å². The summed E-state index contributed by atoms with van der Waals surface area (Å²) in [5.74, 6) is 2.32. The summed E-state index contributed by atoms with van der Waals surface area (Å²) in [6.07, 6.45) is 9.17. The van der Waals surface area contributed by atoms with Gasteiger partial charge in [0.2, 0.25) is 11.8 Å². The molecule has 5 heteroatoms. The number of benzene rings is 1. The molecule has 2 amide bonds. The molecule has 0 aromatic heterocycles. The fourth-order valence-corrected chi connectivity index (χ4v) is 2.51. The summed E-state index contributed by atoms with van der Waals surface area (Å²) < 4.78 is 0. The highest BCUT2D eigenvalue weighted by molar-refractivity contribution is 5.94. The van der Waals surface area contributed by atoms with Crippen LogP contribution in [0.2, 0.25) is 0 Å². The number of carbonyl (C=O) groups is 2. The van der Waals surface area contributed by atoms with Crippen LogP contribution in [0.5, 0.6) is 0 Å². The maximum Gasteiger partial charge on any atom is 0.244 e. The van der Waals surface area contributed by atoms with E-state index >= 15 is 0 Å². The molecule has 126 valence electrons. The molecule has 0 unspecified atom stereocenters. The first kappa shape index (κ1) is 17.8. The highest BCUT2D eigenvalue weighted by Gasteiger charge is 2.20. The van der Waals surface area contributed by atoms with E-state index in [-0.39, 0.29) is 18.4 Å². The zero-order valence-corrected chi connectivity index (χ0v) is 13.8. The van der Waals surface area contributed by atoms with E-state index < -0.39 is 0 Å². The number of hydrogen-bond donors (Lipinski definition) is 1. The molecule has 0 atom stereocenters. The summed E-state index contributed by atoms with van der Waals surface area (Å²) >= 11 is 0. The Morgan fingerprint density at radius 2 is 1.88 bits per heavy atom. The molecule has 1 aliphatic heterocycles. The van der Waals surface area contributed by atoms with Crippen LogP contribution >= 0.6 is 0 Å². The van der Waals surface area contributed by atoms with E-state index in [1.54, 1.807) is 11.0 Å². The normalized spacial score (nSPS) is 15.2. The second-order valence-corrected chi connectivity index (χ2v) is 5.64. The van der Waals surface area contributed by atoms with E-state index in [1.165, 1.54) is 6.08 Å². The molecule has 1 aromatic rings. The van der Waals surface area contributed by atoms with Crippen LogP contribution in [0.4, 0.5) is 0 Å². The number of nitrogens with zero attached hydrogens (tertiary/aromatic N) is 2. The van der Waals surface area contributed by atoms with E-state index in [0.29, 0.717) is 13.1 Å². The van der Waals surface area contributed by atoms with Crippen molar-refractivity contribution >= 4 is 17.9 Å². The summed E-state index contributed by atoms with van der Waals surface area (Å²) in [5.41, 5.74) is 0.946. The largest absolute Gasteiger partial charge is 0.343 e. The Morgan fingerprint density at radius 1 is 1.17 bits per heavy atom. The third-order valence-corrected chi connectivity index (χ3v) is 3.94. The van der Waals surface area contributed by atoms with Gasteiger partial charge in [-0.05, 0) is 11.6 Å². The van der Waals surface area contributed by atoms with Gasteiger partial charge in [-0.3, -0.25) is 14.5 Å². The first-order valence-corrected chi connectivity index (χ1v) is 8.13. The minimum Gasteiger partial charge on any atom is -0.343 e. The SMILES string of the molecule is C#CCCN1CCN(C(=O)CNC(=O)C=Cc2ccccc2)CC1. The molecule has 0 bridgehead atoms. The molecule has 1 saturated heterocycles. The number of rotatable bonds is 6. The molecule has 5 nitrogen and oxygen atoms in total. The molecule has 1 fully saturated rings. The topological polar surface area (TPSA) is 52.6 Å². The zero-order chi connectivity index (χ0) is 17.2. The number of nitrogens with one attached hydrogen (secondary N) is 1. The molecule has 0 aliphatic carbocycles. The zero-order valence-electron chi connectivity index (χ0n) is 13.8. The Bertz CT molecular complexity index is 611. The monoisotopic (exact) mass is 325 g/mol. The summed E-state index contributed by atoms with van der Waals surface area (Å²) in [6, 6.07) is 9.56. The van der Waals surface area contributed by atoms with Crippen molar-refractivity contribution in [3.05, 3.63) is 42.0 Å². The molecule has 2 rings (SSSR count). The van der Waals surface area contributed by atoms with Crippen molar-refractivity contribution in [3.8, 4) is 12.3 Å². The maximum absolute atomic E-state index is 12.1. The van der Waals surface area contributed by atoms with Crippen molar-refractivity contribution in [2.24, 2.45) is 0 Å². The van der Waals surface area contributed by atoms with Crippen LogP contribution in [-0.2, 0) is 9.59 Å². The average molecular weight is 325 g/mol. The van der Waals surface area contributed by atoms with E-state index in [4.69, 9.17) is 6.42 Å². The van der Waals surface area contributed by atoms with Gasteiger partial charge in [0, 0.05) is 45.2 Å². The average Bonchev–Trinajstić information content (AvgIpc) is 2.64. The highest BCUT2D eigenvalue weighted by atomic mass is 16.2. The van der Waals surface area contributed by atoms with Gasteiger partial charge in [-0.2, -0.15) is 0 Å². The molecular weight excluding hydrogens is 302 g/mol. The van der Waals surface area contributed by atoms with Crippen molar-refractivity contribution in [1.82, 2.24) is 15.1 Å². The third-order valence-electron chi connectivity index (χ3n) is 3.94. The fourth-order valence-electron chi connectivity index (χ4n) is 2.51. The smallest absolute Gasteiger partial charge is 0.244 e. The molecule has 1 aromatic carbocycles. The lowest BCUT2D eigenvalue weighted by Gasteiger charge is -2.34. The summed E-state index contributed by atoms with van der Waals surface area (Å²) in [5, 5.41) is 2.64. The Hall–Kier alpha value is -2.58. The van der Waals surface area contributed by atoms with Gasteiger partial charge >= 0.3 is 0 Å². The molecule has 1 heterocycles. The Morgan fingerprint density at radius 3 is 2.54 bits per heavy atom. The van der Waals surface area contributed by atoms with Gasteiger partial charge in [0.1, 0.15) is 0 Å². The van der Waals surface area contributed by atoms with Crippen molar-refractivity contribution in [1.29, 1.82) is 0 Å². The van der Waals surface area contributed by atoms with E-state index in [2.05, 4.69) is 16.1 Å². The van der Waals surface area contributed by atoms with Crippen molar-refractivity contribution < 1.29 is 9.59 Å². The summed E-state index contributed by atoms with van der Waals surface area (Å²) in [7, 11) is 0. The van der Waals surface area contributed by atoms with Gasteiger partial charge in [0.05, 0.1) is 6.54 Å². The molecule has 0 radical (unpaired) electrons. The predicted octanol–water partition coefficient (Wildman–Crippen LogP) is 0.984. The Kier molecular flexibility index (Phi) is 7.06. The van der Waals surface area contributed by atoms with Crippen LogP contribution in [0.3, 0.4) is 0 Å². The summed E-state index contributed by atoms with van der Waals surface area (Å²) in [6.45, 7) is 3.92. The number of amides is 2. The van der Waals surface area contributed by atoms with E-state index in [0.717, 1.165) is 31.6 Å². The van der Waals surface area contributed by atoms with Gasteiger partial charge in [0.15, 0.2) is 0 Å². The van der Waals surface area contributed by atoms with Gasteiger partial charge in [-0.25, -0.2) is 0 Å². The van der Waals surface area contributed by atoms with Crippen LogP contribution in [0.15, 0.2) is 36.4 Å². The number of hydrogen-bond acceptors (Lipinski definition) is 3. The lowest BCUT2D eigenvalue weighted by atomic mass is 10.2. The van der Waals surface area contributed by atoms with Crippen LogP contribution in [0, 0.1) is 12.3 Å². The number of carbonyl (C=O) groups excluding carboxylic acids is 2. The fraction of sp³-hybridized carbons (Fsp3) is 0.368. The molecule has 1 N–H and O–H groups in total. The van der Waals surface area contributed by atoms with Gasteiger partial charge in [0.25, 0.3) is 0 Å². The van der Waals surface area contributed by atoms with Crippen LogP contribution in [-0.4, -0.2) is 60.9 Å².